The fourth-order valence-electron chi connectivity index (χ4n) is 2.24. The molecule has 2 nitrogen and oxygen atoms in total. The molecule has 3 heteroatoms. The van der Waals surface area contributed by atoms with E-state index in [1.54, 1.807) is 6.20 Å². The first-order valence-electron chi connectivity index (χ1n) is 6.04. The smallest absolute Gasteiger partial charge is 0.195 e. The zero-order valence-corrected chi connectivity index (χ0v) is 12.0. The van der Waals surface area contributed by atoms with Crippen LogP contribution in [0.1, 0.15) is 21.5 Å². The normalized spacial score (nSPS) is 10.8. The molecule has 0 radical (unpaired) electrons. The summed E-state index contributed by atoms with van der Waals surface area (Å²) in [5.74, 6) is 0.0521. The Morgan fingerprint density at radius 1 is 1.11 bits per heavy atom. The molecule has 1 aromatic heterocycles. The van der Waals surface area contributed by atoms with Crippen molar-refractivity contribution in [1.29, 1.82) is 0 Å². The van der Waals surface area contributed by atoms with Crippen LogP contribution in [-0.2, 0) is 0 Å². The molecule has 0 saturated carbocycles. The fraction of sp³-hybridized carbons (Fsp3) is 0.0625. The van der Waals surface area contributed by atoms with Gasteiger partial charge in [-0.2, -0.15) is 0 Å². The number of carbonyl (C=O) groups is 1. The first kappa shape index (κ1) is 12.2. The second-order valence-electron chi connectivity index (χ2n) is 4.54. The van der Waals surface area contributed by atoms with Crippen LogP contribution in [-0.4, -0.2) is 10.8 Å². The number of aromatic nitrogens is 1. The molecule has 0 spiro atoms. The van der Waals surface area contributed by atoms with E-state index in [0.29, 0.717) is 0 Å². The highest BCUT2D eigenvalue weighted by atomic mass is 79.9. The average Bonchev–Trinajstić information content (AvgIpc) is 2.84. The van der Waals surface area contributed by atoms with Gasteiger partial charge in [0.05, 0.1) is 0 Å². The van der Waals surface area contributed by atoms with E-state index < -0.39 is 0 Å². The molecule has 94 valence electrons. The van der Waals surface area contributed by atoms with E-state index in [1.165, 1.54) is 0 Å². The van der Waals surface area contributed by atoms with E-state index >= 15 is 0 Å². The van der Waals surface area contributed by atoms with Crippen LogP contribution in [0, 0.1) is 6.92 Å². The molecule has 0 atom stereocenters. The van der Waals surface area contributed by atoms with Crippen molar-refractivity contribution in [3.05, 3.63) is 69.8 Å². The molecule has 3 rings (SSSR count). The highest BCUT2D eigenvalue weighted by Gasteiger charge is 2.16. The minimum Gasteiger partial charge on any atom is -0.360 e. The first-order valence-corrected chi connectivity index (χ1v) is 6.83. The van der Waals surface area contributed by atoms with E-state index in [4.69, 9.17) is 0 Å². The second kappa shape index (κ2) is 4.67. The number of carbonyl (C=O) groups excluding carboxylic acids is 1. The number of rotatable bonds is 2. The molecular weight excluding hydrogens is 302 g/mol. The molecule has 0 unspecified atom stereocenters. The standard InChI is InChI=1S/C16H12BrNO/c1-10-6-7-11(17)8-13(10)16(19)14-9-18-15-5-3-2-4-12(14)15/h2-9,18H,1H3. The first-order chi connectivity index (χ1) is 9.16. The van der Waals surface area contributed by atoms with Crippen LogP contribution < -0.4 is 0 Å². The Morgan fingerprint density at radius 2 is 1.89 bits per heavy atom. The van der Waals surface area contributed by atoms with Crippen LogP contribution in [0.2, 0.25) is 0 Å². The number of para-hydroxylation sites is 1. The number of H-pyrrole nitrogens is 1. The summed E-state index contributed by atoms with van der Waals surface area (Å²) < 4.78 is 0.918. The number of aromatic amines is 1. The van der Waals surface area contributed by atoms with Crippen molar-refractivity contribution in [2.45, 2.75) is 6.92 Å². The number of hydrogen-bond acceptors (Lipinski definition) is 1. The lowest BCUT2D eigenvalue weighted by molar-refractivity contribution is 0.103. The molecule has 0 aliphatic heterocycles. The Kier molecular flexibility index (Phi) is 2.99. The summed E-state index contributed by atoms with van der Waals surface area (Å²) in [6, 6.07) is 13.6. The van der Waals surface area contributed by atoms with Crippen LogP contribution >= 0.6 is 15.9 Å². The lowest BCUT2D eigenvalue weighted by Crippen LogP contribution is -2.02. The van der Waals surface area contributed by atoms with Gasteiger partial charge in [0, 0.05) is 32.7 Å². The van der Waals surface area contributed by atoms with Crippen LogP contribution in [0.3, 0.4) is 0 Å². The summed E-state index contributed by atoms with van der Waals surface area (Å²) in [5.41, 5.74) is 3.42. The summed E-state index contributed by atoms with van der Waals surface area (Å²) in [7, 11) is 0. The van der Waals surface area contributed by atoms with Gasteiger partial charge in [0.15, 0.2) is 5.78 Å². The summed E-state index contributed by atoms with van der Waals surface area (Å²) in [5, 5.41) is 0.965. The Balaban J connectivity index is 2.16. The fourth-order valence-corrected chi connectivity index (χ4v) is 2.60. The van der Waals surface area contributed by atoms with Crippen molar-refractivity contribution >= 4 is 32.6 Å². The third-order valence-corrected chi connectivity index (χ3v) is 3.77. The largest absolute Gasteiger partial charge is 0.360 e. The number of ketones is 1. The Bertz CT molecular complexity index is 773. The average molecular weight is 314 g/mol. The molecular formula is C16H12BrNO. The van der Waals surface area contributed by atoms with Crippen molar-refractivity contribution < 1.29 is 4.79 Å². The third kappa shape index (κ3) is 2.10. The van der Waals surface area contributed by atoms with Gasteiger partial charge in [0.2, 0.25) is 0 Å². The quantitative estimate of drug-likeness (QED) is 0.696. The van der Waals surface area contributed by atoms with Crippen molar-refractivity contribution in [2.75, 3.05) is 0 Å². The molecule has 0 aliphatic carbocycles. The summed E-state index contributed by atoms with van der Waals surface area (Å²) in [6.45, 7) is 1.95. The minimum atomic E-state index is 0.0521. The van der Waals surface area contributed by atoms with Gasteiger partial charge in [-0.25, -0.2) is 0 Å². The summed E-state index contributed by atoms with van der Waals surface area (Å²) in [4.78, 5) is 15.8. The molecule has 19 heavy (non-hydrogen) atoms. The van der Waals surface area contributed by atoms with E-state index in [0.717, 1.165) is 32.1 Å². The van der Waals surface area contributed by atoms with Gasteiger partial charge in [-0.1, -0.05) is 40.2 Å². The van der Waals surface area contributed by atoms with Crippen molar-refractivity contribution in [2.24, 2.45) is 0 Å². The number of halogens is 1. The van der Waals surface area contributed by atoms with E-state index in [-0.39, 0.29) is 5.78 Å². The van der Waals surface area contributed by atoms with E-state index in [9.17, 15) is 4.79 Å². The monoisotopic (exact) mass is 313 g/mol. The highest BCUT2D eigenvalue weighted by Crippen LogP contribution is 2.24. The highest BCUT2D eigenvalue weighted by molar-refractivity contribution is 9.10. The predicted octanol–water partition coefficient (Wildman–Crippen LogP) is 4.47. The Labute approximate surface area is 119 Å². The van der Waals surface area contributed by atoms with Crippen molar-refractivity contribution in [3.63, 3.8) is 0 Å². The number of fused-ring (bicyclic) bond motifs is 1. The molecule has 0 saturated heterocycles. The van der Waals surface area contributed by atoms with Crippen LogP contribution in [0.15, 0.2) is 53.1 Å². The predicted molar refractivity (Wildman–Crippen MR) is 80.6 cm³/mol. The topological polar surface area (TPSA) is 32.9 Å². The number of benzene rings is 2. The van der Waals surface area contributed by atoms with Crippen LogP contribution in [0.4, 0.5) is 0 Å². The SMILES string of the molecule is Cc1ccc(Br)cc1C(=O)c1c[nH]c2ccccc12. The van der Waals surface area contributed by atoms with Crippen LogP contribution in [0.5, 0.6) is 0 Å². The summed E-state index contributed by atoms with van der Waals surface area (Å²) in [6.07, 6.45) is 1.79. The van der Waals surface area contributed by atoms with Gasteiger partial charge in [0.1, 0.15) is 0 Å². The maximum Gasteiger partial charge on any atom is 0.195 e. The van der Waals surface area contributed by atoms with Gasteiger partial charge in [-0.05, 0) is 30.7 Å². The van der Waals surface area contributed by atoms with Crippen molar-refractivity contribution in [3.8, 4) is 0 Å². The molecule has 0 aliphatic rings. The molecule has 1 N–H and O–H groups in total. The lowest BCUT2D eigenvalue weighted by atomic mass is 9.99. The Hall–Kier alpha value is -1.87. The minimum absolute atomic E-state index is 0.0521. The molecule has 1 heterocycles. The van der Waals surface area contributed by atoms with Crippen LogP contribution in [0.25, 0.3) is 10.9 Å². The van der Waals surface area contributed by atoms with Gasteiger partial charge in [0.25, 0.3) is 0 Å². The molecule has 2 aromatic carbocycles. The Morgan fingerprint density at radius 3 is 2.74 bits per heavy atom. The maximum atomic E-state index is 12.7. The van der Waals surface area contributed by atoms with Gasteiger partial charge >= 0.3 is 0 Å². The second-order valence-corrected chi connectivity index (χ2v) is 5.45. The van der Waals surface area contributed by atoms with Gasteiger partial charge in [-0.15, -0.1) is 0 Å². The molecule has 3 aromatic rings. The molecule has 0 amide bonds. The molecule has 0 fully saturated rings. The van der Waals surface area contributed by atoms with Gasteiger partial charge in [-0.3, -0.25) is 4.79 Å². The maximum absolute atomic E-state index is 12.7. The summed E-state index contributed by atoms with van der Waals surface area (Å²) >= 11 is 3.42. The lowest BCUT2D eigenvalue weighted by Gasteiger charge is -2.05. The third-order valence-electron chi connectivity index (χ3n) is 3.28. The zero-order valence-electron chi connectivity index (χ0n) is 10.4. The zero-order chi connectivity index (χ0) is 13.4. The van der Waals surface area contributed by atoms with E-state index in [2.05, 4.69) is 20.9 Å². The number of aryl methyl sites for hydroxylation is 1. The molecule has 0 bridgehead atoms. The number of hydrogen-bond donors (Lipinski definition) is 1. The van der Waals surface area contributed by atoms with Crippen molar-refractivity contribution in [1.82, 2.24) is 4.98 Å². The van der Waals surface area contributed by atoms with E-state index in [1.807, 2.05) is 49.4 Å². The van der Waals surface area contributed by atoms with Gasteiger partial charge < -0.3 is 4.98 Å². The number of nitrogens with one attached hydrogen (secondary N) is 1.